The van der Waals surface area contributed by atoms with Crippen molar-refractivity contribution in [2.24, 2.45) is 10.4 Å². The number of hydrogen-bond acceptors (Lipinski definition) is 4. The molecule has 0 N–H and O–H groups in total. The topological polar surface area (TPSA) is 54.3 Å². The van der Waals surface area contributed by atoms with Gasteiger partial charge in [-0.15, -0.1) is 10.0 Å². The molecule has 1 aliphatic heterocycles. The fraction of sp³-hybridized carbons (Fsp3) is 0.188. The van der Waals surface area contributed by atoms with E-state index in [2.05, 4.69) is 10.4 Å². The molecule has 0 radical (unpaired) electrons. The minimum Gasteiger partial charge on any atom is -0.497 e. The number of methoxy groups -OCH3 is 1. The Morgan fingerprint density at radius 3 is 2.48 bits per heavy atom. The van der Waals surface area contributed by atoms with Gasteiger partial charge in [0.25, 0.3) is 0 Å². The average Bonchev–Trinajstić information content (AvgIpc) is 3.00. The van der Waals surface area contributed by atoms with E-state index in [0.717, 1.165) is 22.6 Å². The molecule has 0 saturated carbocycles. The summed E-state index contributed by atoms with van der Waals surface area (Å²) in [6.45, 7) is 0. The average molecular weight is 281 g/mol. The van der Waals surface area contributed by atoms with Crippen LogP contribution in [0.4, 0.5) is 0 Å². The molecule has 2 aromatic carbocycles. The molecule has 1 unspecified atom stereocenters. The van der Waals surface area contributed by atoms with Crippen LogP contribution >= 0.6 is 0 Å². The van der Waals surface area contributed by atoms with Crippen LogP contribution in [0.25, 0.3) is 0 Å². The molecule has 1 atom stereocenters. The van der Waals surface area contributed by atoms with E-state index >= 15 is 0 Å². The van der Waals surface area contributed by atoms with E-state index in [1.165, 1.54) is 5.12 Å². The van der Waals surface area contributed by atoms with E-state index in [4.69, 9.17) is 4.74 Å². The molecule has 1 heterocycles. The SMILES string of the molecule is COc1ccc(C2=NN(N=O)C(c3ccccc3)C2)cc1. The minimum absolute atomic E-state index is 0.138. The van der Waals surface area contributed by atoms with Crippen LogP contribution in [0.2, 0.25) is 0 Å². The highest BCUT2D eigenvalue weighted by molar-refractivity contribution is 6.01. The van der Waals surface area contributed by atoms with Crippen LogP contribution in [0.1, 0.15) is 23.6 Å². The molecule has 3 rings (SSSR count). The number of hydrazone groups is 1. The quantitative estimate of drug-likeness (QED) is 0.806. The Labute approximate surface area is 122 Å². The van der Waals surface area contributed by atoms with Gasteiger partial charge in [-0.25, -0.2) is 0 Å². The first kappa shape index (κ1) is 13.3. The second kappa shape index (κ2) is 5.75. The molecule has 0 amide bonds. The van der Waals surface area contributed by atoms with Crippen LogP contribution in [-0.2, 0) is 0 Å². The number of ether oxygens (including phenoxy) is 1. The number of nitroso groups, excluding NO2 is 1. The number of hydrogen-bond donors (Lipinski definition) is 0. The summed E-state index contributed by atoms with van der Waals surface area (Å²) in [5.74, 6) is 0.794. The first-order valence-corrected chi connectivity index (χ1v) is 6.71. The van der Waals surface area contributed by atoms with Crippen molar-refractivity contribution in [2.45, 2.75) is 12.5 Å². The molecule has 0 aliphatic carbocycles. The third-order valence-electron chi connectivity index (χ3n) is 3.58. The molecular weight excluding hydrogens is 266 g/mol. The van der Waals surface area contributed by atoms with Crippen molar-refractivity contribution in [3.8, 4) is 5.75 Å². The Kier molecular flexibility index (Phi) is 3.64. The van der Waals surface area contributed by atoms with Crippen LogP contribution in [-0.4, -0.2) is 17.9 Å². The van der Waals surface area contributed by atoms with Crippen molar-refractivity contribution in [3.05, 3.63) is 70.6 Å². The van der Waals surface area contributed by atoms with Crippen molar-refractivity contribution in [1.82, 2.24) is 5.12 Å². The molecule has 0 saturated heterocycles. The Bertz CT molecular complexity index is 653. The summed E-state index contributed by atoms with van der Waals surface area (Å²) >= 11 is 0. The van der Waals surface area contributed by atoms with Gasteiger partial charge in [-0.3, -0.25) is 0 Å². The van der Waals surface area contributed by atoms with Gasteiger partial charge in [0.05, 0.1) is 18.1 Å². The predicted molar refractivity (Wildman–Crippen MR) is 81.0 cm³/mol. The molecule has 5 nitrogen and oxygen atoms in total. The summed E-state index contributed by atoms with van der Waals surface area (Å²) in [6, 6.07) is 17.3. The number of nitrogens with zero attached hydrogens (tertiary/aromatic N) is 3. The summed E-state index contributed by atoms with van der Waals surface area (Å²) in [5.41, 5.74) is 2.86. The molecular formula is C16H15N3O2. The molecule has 2 aromatic rings. The van der Waals surface area contributed by atoms with E-state index in [1.54, 1.807) is 7.11 Å². The fourth-order valence-electron chi connectivity index (χ4n) is 2.46. The third-order valence-corrected chi connectivity index (χ3v) is 3.58. The van der Waals surface area contributed by atoms with Crippen LogP contribution in [0.3, 0.4) is 0 Å². The van der Waals surface area contributed by atoms with Gasteiger partial charge in [-0.2, -0.15) is 5.10 Å². The first-order chi connectivity index (χ1) is 10.3. The zero-order valence-corrected chi connectivity index (χ0v) is 11.6. The van der Waals surface area contributed by atoms with E-state index in [-0.39, 0.29) is 6.04 Å². The molecule has 1 aliphatic rings. The van der Waals surface area contributed by atoms with Gasteiger partial charge >= 0.3 is 0 Å². The second-order valence-corrected chi connectivity index (χ2v) is 4.81. The molecule has 5 heteroatoms. The highest BCUT2D eigenvalue weighted by Gasteiger charge is 2.29. The van der Waals surface area contributed by atoms with Gasteiger partial charge in [-0.05, 0) is 35.4 Å². The fourth-order valence-corrected chi connectivity index (χ4v) is 2.46. The summed E-state index contributed by atoms with van der Waals surface area (Å²) in [4.78, 5) is 11.0. The minimum atomic E-state index is -0.138. The highest BCUT2D eigenvalue weighted by Crippen LogP contribution is 2.32. The summed E-state index contributed by atoms with van der Waals surface area (Å²) in [6.07, 6.45) is 0.655. The molecule has 106 valence electrons. The van der Waals surface area contributed by atoms with E-state index in [1.807, 2.05) is 54.6 Å². The Balaban J connectivity index is 1.86. The van der Waals surface area contributed by atoms with Crippen LogP contribution in [0, 0.1) is 4.91 Å². The zero-order chi connectivity index (χ0) is 14.7. The molecule has 0 spiro atoms. The Hall–Kier alpha value is -2.69. The Morgan fingerprint density at radius 1 is 1.14 bits per heavy atom. The van der Waals surface area contributed by atoms with Crippen LogP contribution < -0.4 is 4.74 Å². The van der Waals surface area contributed by atoms with Crippen molar-refractivity contribution in [1.29, 1.82) is 0 Å². The maximum atomic E-state index is 11.0. The van der Waals surface area contributed by atoms with Crippen molar-refractivity contribution >= 4 is 5.71 Å². The van der Waals surface area contributed by atoms with E-state index in [0.29, 0.717) is 6.42 Å². The predicted octanol–water partition coefficient (Wildman–Crippen LogP) is 3.53. The maximum Gasteiger partial charge on any atom is 0.118 e. The van der Waals surface area contributed by atoms with Crippen LogP contribution in [0.5, 0.6) is 5.75 Å². The van der Waals surface area contributed by atoms with Gasteiger partial charge < -0.3 is 4.74 Å². The zero-order valence-electron chi connectivity index (χ0n) is 11.6. The lowest BCUT2D eigenvalue weighted by atomic mass is 9.99. The lowest BCUT2D eigenvalue weighted by Crippen LogP contribution is -2.12. The smallest absolute Gasteiger partial charge is 0.118 e. The molecule has 21 heavy (non-hydrogen) atoms. The normalized spacial score (nSPS) is 17.5. The maximum absolute atomic E-state index is 11.0. The van der Waals surface area contributed by atoms with Gasteiger partial charge in [0.2, 0.25) is 0 Å². The van der Waals surface area contributed by atoms with Crippen LogP contribution in [0.15, 0.2) is 65.0 Å². The summed E-state index contributed by atoms with van der Waals surface area (Å²) < 4.78 is 5.15. The highest BCUT2D eigenvalue weighted by atomic mass is 16.5. The van der Waals surface area contributed by atoms with Crippen molar-refractivity contribution < 1.29 is 4.74 Å². The molecule has 0 aromatic heterocycles. The first-order valence-electron chi connectivity index (χ1n) is 6.71. The standard InChI is InChI=1S/C16H15N3O2/c1-21-14-9-7-12(8-10-14)15-11-16(19(17-15)18-20)13-5-3-2-4-6-13/h2-10,16H,11H2,1H3. The third kappa shape index (κ3) is 2.63. The number of rotatable bonds is 4. The molecule has 0 bridgehead atoms. The molecule has 0 fully saturated rings. The summed E-state index contributed by atoms with van der Waals surface area (Å²) in [5, 5.41) is 8.59. The summed E-state index contributed by atoms with van der Waals surface area (Å²) in [7, 11) is 1.63. The largest absolute Gasteiger partial charge is 0.497 e. The van der Waals surface area contributed by atoms with E-state index in [9.17, 15) is 4.91 Å². The van der Waals surface area contributed by atoms with Gasteiger partial charge in [0.15, 0.2) is 0 Å². The van der Waals surface area contributed by atoms with E-state index < -0.39 is 0 Å². The Morgan fingerprint density at radius 2 is 1.86 bits per heavy atom. The van der Waals surface area contributed by atoms with Gasteiger partial charge in [0.1, 0.15) is 11.8 Å². The van der Waals surface area contributed by atoms with Gasteiger partial charge in [-0.1, -0.05) is 30.3 Å². The lowest BCUT2D eigenvalue weighted by molar-refractivity contribution is 0.241. The monoisotopic (exact) mass is 281 g/mol. The van der Waals surface area contributed by atoms with Crippen molar-refractivity contribution in [3.63, 3.8) is 0 Å². The second-order valence-electron chi connectivity index (χ2n) is 4.81. The lowest BCUT2D eigenvalue weighted by Gasteiger charge is -2.14. The van der Waals surface area contributed by atoms with Gasteiger partial charge in [0, 0.05) is 6.42 Å². The van der Waals surface area contributed by atoms with Crippen molar-refractivity contribution in [2.75, 3.05) is 7.11 Å². The number of benzene rings is 2.